The Morgan fingerprint density at radius 3 is 2.50 bits per heavy atom. The van der Waals surface area contributed by atoms with Gasteiger partial charge in [0.15, 0.2) is 11.6 Å². The lowest BCUT2D eigenvalue weighted by atomic mass is 10.2. The van der Waals surface area contributed by atoms with E-state index in [1.165, 1.54) is 6.07 Å². The summed E-state index contributed by atoms with van der Waals surface area (Å²) in [6, 6.07) is 8.41. The summed E-state index contributed by atoms with van der Waals surface area (Å²) in [4.78, 5) is 0. The Balaban J connectivity index is 2.09. The number of nitrogen functional groups attached to an aromatic ring is 1. The van der Waals surface area contributed by atoms with Gasteiger partial charge in [-0.1, -0.05) is 17.7 Å². The average Bonchev–Trinajstić information content (AvgIpc) is 2.32. The number of hydrogen-bond donors (Lipinski definition) is 1. The molecule has 0 aliphatic heterocycles. The van der Waals surface area contributed by atoms with Crippen LogP contribution in [0, 0.1) is 11.6 Å². The van der Waals surface area contributed by atoms with Crippen LogP contribution in [0.1, 0.15) is 5.56 Å². The summed E-state index contributed by atoms with van der Waals surface area (Å²) in [5.41, 5.74) is 6.61. The van der Waals surface area contributed by atoms with E-state index in [0.717, 1.165) is 12.1 Å². The van der Waals surface area contributed by atoms with E-state index in [4.69, 9.17) is 22.1 Å². The fraction of sp³-hybridized carbons (Fsp3) is 0.0769. The van der Waals surface area contributed by atoms with Crippen molar-refractivity contribution in [3.63, 3.8) is 0 Å². The van der Waals surface area contributed by atoms with Gasteiger partial charge in [-0.3, -0.25) is 0 Å². The molecule has 0 aliphatic carbocycles. The van der Waals surface area contributed by atoms with Gasteiger partial charge in [-0.15, -0.1) is 0 Å². The molecule has 0 aliphatic rings. The highest BCUT2D eigenvalue weighted by atomic mass is 35.5. The van der Waals surface area contributed by atoms with E-state index < -0.39 is 11.6 Å². The van der Waals surface area contributed by atoms with Crippen molar-refractivity contribution in [1.82, 2.24) is 0 Å². The highest BCUT2D eigenvalue weighted by molar-refractivity contribution is 6.30. The Morgan fingerprint density at radius 2 is 1.83 bits per heavy atom. The Hall–Kier alpha value is -1.81. The van der Waals surface area contributed by atoms with E-state index in [9.17, 15) is 8.78 Å². The van der Waals surface area contributed by atoms with Gasteiger partial charge in [-0.25, -0.2) is 8.78 Å². The van der Waals surface area contributed by atoms with E-state index in [2.05, 4.69) is 0 Å². The number of nitrogens with two attached hydrogens (primary N) is 1. The van der Waals surface area contributed by atoms with E-state index >= 15 is 0 Å². The van der Waals surface area contributed by atoms with Gasteiger partial charge in [0.05, 0.1) is 5.69 Å². The van der Waals surface area contributed by atoms with Gasteiger partial charge < -0.3 is 10.5 Å². The Bertz CT molecular complexity index is 575. The summed E-state index contributed by atoms with van der Waals surface area (Å²) in [5.74, 6) is -1.34. The van der Waals surface area contributed by atoms with Crippen LogP contribution in [0.2, 0.25) is 5.02 Å². The minimum atomic E-state index is -0.903. The molecule has 0 saturated carbocycles. The van der Waals surface area contributed by atoms with Crippen molar-refractivity contribution in [2.75, 3.05) is 5.73 Å². The Morgan fingerprint density at radius 1 is 1.06 bits per heavy atom. The molecule has 0 saturated heterocycles. The molecule has 0 bridgehead atoms. The topological polar surface area (TPSA) is 35.2 Å². The van der Waals surface area contributed by atoms with Crippen LogP contribution < -0.4 is 10.5 Å². The first-order chi connectivity index (χ1) is 8.56. The molecular formula is C13H10ClF2NO. The fourth-order valence-corrected chi connectivity index (χ4v) is 1.62. The van der Waals surface area contributed by atoms with Crippen molar-refractivity contribution in [1.29, 1.82) is 0 Å². The number of rotatable bonds is 3. The fourth-order valence-electron chi connectivity index (χ4n) is 1.44. The van der Waals surface area contributed by atoms with Crippen molar-refractivity contribution >= 4 is 17.3 Å². The molecule has 18 heavy (non-hydrogen) atoms. The third-order valence-electron chi connectivity index (χ3n) is 2.35. The Kier molecular flexibility index (Phi) is 3.67. The third kappa shape index (κ3) is 2.90. The lowest BCUT2D eigenvalue weighted by Gasteiger charge is -2.09. The van der Waals surface area contributed by atoms with Gasteiger partial charge in [0.2, 0.25) is 0 Å². The normalized spacial score (nSPS) is 10.4. The van der Waals surface area contributed by atoms with Crippen molar-refractivity contribution in [3.05, 3.63) is 58.6 Å². The molecule has 5 heteroatoms. The second-order valence-corrected chi connectivity index (χ2v) is 4.16. The van der Waals surface area contributed by atoms with Crippen LogP contribution in [-0.2, 0) is 6.61 Å². The van der Waals surface area contributed by atoms with E-state index in [-0.39, 0.29) is 6.61 Å². The lowest BCUT2D eigenvalue weighted by molar-refractivity contribution is 0.307. The number of hydrogen-bond acceptors (Lipinski definition) is 2. The van der Waals surface area contributed by atoms with Crippen LogP contribution in [0.4, 0.5) is 14.5 Å². The molecule has 2 nitrogen and oxygen atoms in total. The van der Waals surface area contributed by atoms with Gasteiger partial charge >= 0.3 is 0 Å². The van der Waals surface area contributed by atoms with Crippen LogP contribution in [0.5, 0.6) is 5.75 Å². The molecule has 0 spiro atoms. The Labute approximate surface area is 108 Å². The van der Waals surface area contributed by atoms with Crippen LogP contribution in [-0.4, -0.2) is 0 Å². The van der Waals surface area contributed by atoms with E-state index in [0.29, 0.717) is 22.0 Å². The lowest BCUT2D eigenvalue weighted by Crippen LogP contribution is -1.99. The minimum absolute atomic E-state index is 0.100. The van der Waals surface area contributed by atoms with Gasteiger partial charge in [-0.05, 0) is 35.9 Å². The molecule has 0 radical (unpaired) electrons. The highest BCUT2D eigenvalue weighted by Crippen LogP contribution is 2.25. The van der Waals surface area contributed by atoms with Crippen LogP contribution in [0.3, 0.4) is 0 Å². The molecule has 0 fully saturated rings. The molecule has 0 heterocycles. The standard InChI is InChI=1S/C13H10ClF2NO/c14-9-2-4-13(12(17)6-9)18-7-8-1-3-10(15)11(16)5-8/h1-6H,7,17H2. The highest BCUT2D eigenvalue weighted by Gasteiger charge is 2.05. The number of benzene rings is 2. The molecule has 0 amide bonds. The number of ether oxygens (including phenoxy) is 1. The summed E-state index contributed by atoms with van der Waals surface area (Å²) in [6.45, 7) is 0.100. The molecule has 2 aromatic rings. The summed E-state index contributed by atoms with van der Waals surface area (Å²) in [7, 11) is 0. The van der Waals surface area contributed by atoms with Crippen LogP contribution in [0.25, 0.3) is 0 Å². The first-order valence-corrected chi connectivity index (χ1v) is 5.56. The summed E-state index contributed by atoms with van der Waals surface area (Å²) < 4.78 is 31.1. The van der Waals surface area contributed by atoms with Gasteiger partial charge in [-0.2, -0.15) is 0 Å². The molecule has 2 aromatic carbocycles. The van der Waals surface area contributed by atoms with E-state index in [1.807, 2.05) is 0 Å². The maximum atomic E-state index is 13.0. The molecule has 0 atom stereocenters. The quantitative estimate of drug-likeness (QED) is 0.861. The maximum absolute atomic E-state index is 13.0. The van der Waals surface area contributed by atoms with Gasteiger partial charge in [0, 0.05) is 5.02 Å². The molecule has 94 valence electrons. The van der Waals surface area contributed by atoms with Crippen molar-refractivity contribution in [2.45, 2.75) is 6.61 Å². The molecular weight excluding hydrogens is 260 g/mol. The third-order valence-corrected chi connectivity index (χ3v) is 2.59. The average molecular weight is 270 g/mol. The number of halogens is 3. The first-order valence-electron chi connectivity index (χ1n) is 5.18. The minimum Gasteiger partial charge on any atom is -0.487 e. The monoisotopic (exact) mass is 269 g/mol. The summed E-state index contributed by atoms with van der Waals surface area (Å²) >= 11 is 5.75. The predicted octanol–water partition coefficient (Wildman–Crippen LogP) is 3.78. The van der Waals surface area contributed by atoms with Crippen molar-refractivity contribution < 1.29 is 13.5 Å². The number of anilines is 1. The van der Waals surface area contributed by atoms with Crippen molar-refractivity contribution in [2.24, 2.45) is 0 Å². The van der Waals surface area contributed by atoms with Crippen molar-refractivity contribution in [3.8, 4) is 5.75 Å². The second kappa shape index (κ2) is 5.23. The molecule has 2 N–H and O–H groups in total. The van der Waals surface area contributed by atoms with Gasteiger partial charge in [0.25, 0.3) is 0 Å². The van der Waals surface area contributed by atoms with E-state index in [1.54, 1.807) is 18.2 Å². The zero-order chi connectivity index (χ0) is 13.1. The predicted molar refractivity (Wildman–Crippen MR) is 66.6 cm³/mol. The van der Waals surface area contributed by atoms with Crippen LogP contribution >= 0.6 is 11.6 Å². The largest absolute Gasteiger partial charge is 0.487 e. The summed E-state index contributed by atoms with van der Waals surface area (Å²) in [5, 5.41) is 0.507. The zero-order valence-electron chi connectivity index (χ0n) is 9.29. The summed E-state index contributed by atoms with van der Waals surface area (Å²) in [6.07, 6.45) is 0. The van der Waals surface area contributed by atoms with Gasteiger partial charge in [0.1, 0.15) is 12.4 Å². The molecule has 0 unspecified atom stereocenters. The zero-order valence-corrected chi connectivity index (χ0v) is 10.0. The first kappa shape index (κ1) is 12.6. The second-order valence-electron chi connectivity index (χ2n) is 3.72. The maximum Gasteiger partial charge on any atom is 0.159 e. The smallest absolute Gasteiger partial charge is 0.159 e. The SMILES string of the molecule is Nc1cc(Cl)ccc1OCc1ccc(F)c(F)c1. The van der Waals surface area contributed by atoms with Crippen LogP contribution in [0.15, 0.2) is 36.4 Å². The molecule has 2 rings (SSSR count). The molecule has 0 aromatic heterocycles.